The second kappa shape index (κ2) is 20.4. The predicted octanol–water partition coefficient (Wildman–Crippen LogP) is 16.9. The summed E-state index contributed by atoms with van der Waals surface area (Å²) in [5.74, 6) is 0. The summed E-state index contributed by atoms with van der Waals surface area (Å²) >= 11 is 0. The molecule has 0 aromatic heterocycles. The summed E-state index contributed by atoms with van der Waals surface area (Å²) in [7, 11) is 0. The summed E-state index contributed by atoms with van der Waals surface area (Å²) in [5.41, 5.74) is 18.0. The molecule has 0 heterocycles. The number of aryl methyl sites for hydroxylation is 2. The van der Waals surface area contributed by atoms with Crippen LogP contribution in [-0.4, -0.2) is 0 Å². The number of fused-ring (bicyclic) bond motifs is 6. The van der Waals surface area contributed by atoms with Gasteiger partial charge in [0.05, 0.1) is 5.41 Å². The molecule has 1 saturated carbocycles. The highest BCUT2D eigenvalue weighted by Crippen LogP contribution is 2.59. The van der Waals surface area contributed by atoms with Crippen LogP contribution in [0.15, 0.2) is 215 Å². The molecule has 5 aromatic carbocycles. The molecule has 0 aliphatic heterocycles. The average Bonchev–Trinajstić information content (AvgIpc) is 3.81. The van der Waals surface area contributed by atoms with Crippen molar-refractivity contribution in [1.82, 2.24) is 0 Å². The zero-order valence-corrected chi connectivity index (χ0v) is 37.9. The van der Waals surface area contributed by atoms with Gasteiger partial charge in [-0.25, -0.2) is 0 Å². The van der Waals surface area contributed by atoms with Crippen LogP contribution in [0.5, 0.6) is 0 Å². The van der Waals surface area contributed by atoms with Gasteiger partial charge in [-0.15, -0.1) is 19.7 Å². The molecule has 1 fully saturated rings. The lowest BCUT2D eigenvalue weighted by molar-refractivity contribution is 0.353. The quantitative estimate of drug-likeness (QED) is 0.0429. The molecule has 64 heavy (non-hydrogen) atoms. The summed E-state index contributed by atoms with van der Waals surface area (Å²) in [6, 6.07) is 43.1. The fourth-order valence-corrected chi connectivity index (χ4v) is 10.9. The van der Waals surface area contributed by atoms with Crippen molar-refractivity contribution in [1.29, 1.82) is 0 Å². The average molecular weight is 836 g/mol. The van der Waals surface area contributed by atoms with Crippen molar-refractivity contribution in [3.8, 4) is 11.1 Å². The standard InChI is InChI=1S/C63H65N/c1-6-10-13-22-44-63(54-30-16-14-17-31-54)47-53(55-32-18-20-35-58(55)63)39-38-48(5)64(45-26-29-49(9-4)52-41-40-50(27-11-7-2)51(46-52)28-12-8-3)60-37-25-34-57-56-33-19-21-36-59(56)62(61(57)60)42-23-15-24-43-62/h6-9,14,16-22,25-26,29-37,40-41,44-47H,1-5,10-13,15,23-24,27-28,38-39,42-43H2/b44-22+,45-26+,49-29+. The largest absolute Gasteiger partial charge is 0.321 e. The molecular formula is C63H65N. The lowest BCUT2D eigenvalue weighted by Gasteiger charge is -2.39. The first-order valence-electron chi connectivity index (χ1n) is 23.7. The molecule has 8 rings (SSSR count). The van der Waals surface area contributed by atoms with Crippen molar-refractivity contribution in [2.24, 2.45) is 0 Å². The Kier molecular flexibility index (Phi) is 14.1. The summed E-state index contributed by atoms with van der Waals surface area (Å²) in [6.07, 6.45) is 35.6. The van der Waals surface area contributed by atoms with E-state index in [1.807, 2.05) is 24.3 Å². The minimum absolute atomic E-state index is 0.00935. The van der Waals surface area contributed by atoms with E-state index < -0.39 is 0 Å². The second-order valence-corrected chi connectivity index (χ2v) is 17.8. The third-order valence-electron chi connectivity index (χ3n) is 14.0. The van der Waals surface area contributed by atoms with E-state index in [0.29, 0.717) is 0 Å². The fourth-order valence-electron chi connectivity index (χ4n) is 10.9. The van der Waals surface area contributed by atoms with Gasteiger partial charge < -0.3 is 4.90 Å². The molecule has 3 aliphatic carbocycles. The van der Waals surface area contributed by atoms with Gasteiger partial charge in [0.15, 0.2) is 0 Å². The van der Waals surface area contributed by atoms with Crippen molar-refractivity contribution in [2.75, 3.05) is 4.90 Å². The molecule has 1 nitrogen and oxygen atoms in total. The first-order valence-corrected chi connectivity index (χ1v) is 23.7. The second-order valence-electron chi connectivity index (χ2n) is 17.8. The van der Waals surface area contributed by atoms with Crippen LogP contribution in [0.2, 0.25) is 0 Å². The van der Waals surface area contributed by atoms with E-state index in [2.05, 4.69) is 183 Å². The number of nitrogens with zero attached hydrogens (tertiary/aromatic N) is 1. The highest BCUT2D eigenvalue weighted by molar-refractivity contribution is 5.88. The summed E-state index contributed by atoms with van der Waals surface area (Å²) < 4.78 is 0. The van der Waals surface area contributed by atoms with Gasteiger partial charge in [0.25, 0.3) is 0 Å². The maximum atomic E-state index is 4.94. The van der Waals surface area contributed by atoms with E-state index in [1.54, 1.807) is 0 Å². The number of anilines is 1. The molecule has 0 bridgehead atoms. The van der Waals surface area contributed by atoms with Gasteiger partial charge >= 0.3 is 0 Å². The molecule has 1 spiro atoms. The first kappa shape index (κ1) is 44.2. The van der Waals surface area contributed by atoms with Gasteiger partial charge in [-0.05, 0) is 143 Å². The van der Waals surface area contributed by atoms with Crippen molar-refractivity contribution in [3.05, 3.63) is 259 Å². The minimum atomic E-state index is -0.337. The van der Waals surface area contributed by atoms with Crippen molar-refractivity contribution < 1.29 is 0 Å². The molecule has 1 atom stereocenters. The minimum Gasteiger partial charge on any atom is -0.321 e. The van der Waals surface area contributed by atoms with Crippen LogP contribution >= 0.6 is 0 Å². The van der Waals surface area contributed by atoms with E-state index >= 15 is 0 Å². The summed E-state index contributed by atoms with van der Waals surface area (Å²) in [5, 5.41) is 0. The van der Waals surface area contributed by atoms with Crippen LogP contribution in [0.25, 0.3) is 22.3 Å². The third-order valence-corrected chi connectivity index (χ3v) is 14.0. The molecule has 0 radical (unpaired) electrons. The first-order chi connectivity index (χ1) is 31.5. The van der Waals surface area contributed by atoms with Gasteiger partial charge in [-0.2, -0.15) is 0 Å². The molecular weight excluding hydrogens is 771 g/mol. The number of allylic oxidation sites excluding steroid dienone is 12. The zero-order valence-electron chi connectivity index (χ0n) is 37.9. The molecule has 3 aliphatic rings. The Balaban J connectivity index is 1.19. The van der Waals surface area contributed by atoms with Crippen molar-refractivity contribution in [2.45, 2.75) is 94.3 Å². The van der Waals surface area contributed by atoms with Crippen LogP contribution in [-0.2, 0) is 23.7 Å². The van der Waals surface area contributed by atoms with Crippen LogP contribution in [0.4, 0.5) is 5.69 Å². The Morgan fingerprint density at radius 2 is 1.31 bits per heavy atom. The molecule has 0 N–H and O–H groups in total. The van der Waals surface area contributed by atoms with Gasteiger partial charge in [-0.1, -0.05) is 190 Å². The fraction of sp³-hybridized carbons (Fsp3) is 0.238. The summed E-state index contributed by atoms with van der Waals surface area (Å²) in [6.45, 7) is 21.2. The molecule has 1 unspecified atom stereocenters. The highest BCUT2D eigenvalue weighted by atomic mass is 15.1. The number of hydrogen-bond acceptors (Lipinski definition) is 1. The number of benzene rings is 5. The Morgan fingerprint density at radius 3 is 2.06 bits per heavy atom. The van der Waals surface area contributed by atoms with Gasteiger partial charge in [0.2, 0.25) is 0 Å². The number of unbranched alkanes of at least 4 members (excludes halogenated alkanes) is 1. The van der Waals surface area contributed by atoms with Gasteiger partial charge in [0.1, 0.15) is 0 Å². The topological polar surface area (TPSA) is 3.24 Å². The van der Waals surface area contributed by atoms with Crippen molar-refractivity contribution >= 4 is 16.8 Å². The number of hydrogen-bond donors (Lipinski definition) is 0. The van der Waals surface area contributed by atoms with E-state index in [9.17, 15) is 0 Å². The Bertz CT molecular complexity index is 2640. The molecule has 0 saturated heterocycles. The Hall–Kier alpha value is -6.44. The van der Waals surface area contributed by atoms with Gasteiger partial charge in [0, 0.05) is 23.0 Å². The van der Waals surface area contributed by atoms with E-state index in [-0.39, 0.29) is 10.8 Å². The molecule has 1 heteroatoms. The highest BCUT2D eigenvalue weighted by Gasteiger charge is 2.46. The van der Waals surface area contributed by atoms with Crippen LogP contribution in [0, 0.1) is 0 Å². The van der Waals surface area contributed by atoms with Crippen LogP contribution in [0.1, 0.15) is 115 Å². The third kappa shape index (κ3) is 8.74. The number of rotatable bonds is 20. The van der Waals surface area contributed by atoms with E-state index in [1.165, 1.54) is 99.0 Å². The normalized spacial score (nSPS) is 17.2. The van der Waals surface area contributed by atoms with Crippen molar-refractivity contribution in [3.63, 3.8) is 0 Å². The summed E-state index contributed by atoms with van der Waals surface area (Å²) in [4.78, 5) is 2.42. The van der Waals surface area contributed by atoms with Crippen LogP contribution in [0.3, 0.4) is 0 Å². The smallest absolute Gasteiger partial charge is 0.0574 e. The van der Waals surface area contributed by atoms with E-state index in [0.717, 1.165) is 62.6 Å². The lowest BCUT2D eigenvalue weighted by Crippen LogP contribution is -2.30. The maximum absolute atomic E-state index is 4.94. The Labute approximate surface area is 384 Å². The molecule has 5 aromatic rings. The monoisotopic (exact) mass is 836 g/mol. The van der Waals surface area contributed by atoms with Gasteiger partial charge in [-0.3, -0.25) is 0 Å². The molecule has 0 amide bonds. The zero-order chi connectivity index (χ0) is 44.4. The van der Waals surface area contributed by atoms with Crippen LogP contribution < -0.4 is 4.90 Å². The predicted molar refractivity (Wildman–Crippen MR) is 278 cm³/mol. The molecule has 322 valence electrons. The maximum Gasteiger partial charge on any atom is 0.0574 e. The Morgan fingerprint density at radius 1 is 0.625 bits per heavy atom. The SMILES string of the molecule is C=CCC/C=C/C1(c2ccccc2)C=C(CCC(=C)N(/C=C/C=C(\C=C)c2ccc(CCC=C)c(CCC=C)c2)c2cccc3c2C2(CCCCC2)c2ccccc2-3)c2ccccc21. The van der Waals surface area contributed by atoms with E-state index in [4.69, 9.17) is 6.58 Å². The lowest BCUT2D eigenvalue weighted by atomic mass is 9.67.